The molecule has 0 bridgehead atoms. The van der Waals surface area contributed by atoms with Crippen molar-refractivity contribution in [2.24, 2.45) is 0 Å². The van der Waals surface area contributed by atoms with Crippen LogP contribution in [0, 0.1) is 0 Å². The maximum absolute atomic E-state index is 12.6. The Kier molecular flexibility index (Phi) is 9.62. The van der Waals surface area contributed by atoms with Gasteiger partial charge in [-0.15, -0.1) is 0 Å². The predicted octanol–water partition coefficient (Wildman–Crippen LogP) is 4.86. The van der Waals surface area contributed by atoms with Crippen LogP contribution in [0.15, 0.2) is 77.7 Å². The molecule has 4 rings (SSSR count). The van der Waals surface area contributed by atoms with Crippen LogP contribution in [0.4, 0.5) is 11.6 Å². The van der Waals surface area contributed by atoms with E-state index in [9.17, 15) is 4.79 Å². The van der Waals surface area contributed by atoms with E-state index in [4.69, 9.17) is 9.47 Å². The Hall–Kier alpha value is -3.75. The summed E-state index contributed by atoms with van der Waals surface area (Å²) < 4.78 is 13.3. The first kappa shape index (κ1) is 26.3. The molecular weight excluding hydrogens is 466 g/mol. The normalized spacial score (nSPS) is 11.2. The van der Waals surface area contributed by atoms with E-state index < -0.39 is 0 Å². The van der Waals surface area contributed by atoms with Crippen LogP contribution in [-0.4, -0.2) is 52.3 Å². The summed E-state index contributed by atoms with van der Waals surface area (Å²) >= 11 is 0. The van der Waals surface area contributed by atoms with Crippen molar-refractivity contribution in [1.29, 1.82) is 0 Å². The van der Waals surface area contributed by atoms with E-state index in [0.29, 0.717) is 44.4 Å². The van der Waals surface area contributed by atoms with Gasteiger partial charge in [0.15, 0.2) is 0 Å². The SMILES string of the molecule is CCN(CC)CCOc1ccc(Nc2ncc3ccc(=O)n(CCCOCc4ccccc4)c3n2)cc1. The molecule has 37 heavy (non-hydrogen) atoms. The molecule has 2 heterocycles. The van der Waals surface area contributed by atoms with Crippen LogP contribution < -0.4 is 15.6 Å². The average Bonchev–Trinajstić information content (AvgIpc) is 2.93. The number of likely N-dealkylation sites (N-methyl/N-ethyl adjacent to an activating group) is 1. The van der Waals surface area contributed by atoms with Crippen molar-refractivity contribution in [1.82, 2.24) is 19.4 Å². The van der Waals surface area contributed by atoms with Crippen molar-refractivity contribution in [2.75, 3.05) is 38.2 Å². The number of aromatic nitrogens is 3. The maximum atomic E-state index is 12.6. The lowest BCUT2D eigenvalue weighted by Gasteiger charge is -2.18. The van der Waals surface area contributed by atoms with Crippen molar-refractivity contribution in [3.63, 3.8) is 0 Å². The molecule has 8 heteroatoms. The summed E-state index contributed by atoms with van der Waals surface area (Å²) in [6.45, 7) is 9.52. The van der Waals surface area contributed by atoms with Gasteiger partial charge in [-0.3, -0.25) is 9.36 Å². The lowest BCUT2D eigenvalue weighted by molar-refractivity contribution is 0.115. The van der Waals surface area contributed by atoms with E-state index >= 15 is 0 Å². The Bertz CT molecular complexity index is 1300. The molecule has 0 spiro atoms. The summed E-state index contributed by atoms with van der Waals surface area (Å²) in [5, 5.41) is 4.04. The van der Waals surface area contributed by atoms with Crippen molar-refractivity contribution in [3.8, 4) is 5.75 Å². The topological polar surface area (TPSA) is 81.5 Å². The summed E-state index contributed by atoms with van der Waals surface area (Å²) in [4.78, 5) is 24.0. The first-order valence-electron chi connectivity index (χ1n) is 12.9. The van der Waals surface area contributed by atoms with E-state index in [1.165, 1.54) is 0 Å². The smallest absolute Gasteiger partial charge is 0.252 e. The molecular formula is C29H35N5O3. The highest BCUT2D eigenvalue weighted by atomic mass is 16.5. The van der Waals surface area contributed by atoms with Gasteiger partial charge in [0, 0.05) is 43.0 Å². The molecule has 0 fully saturated rings. The summed E-state index contributed by atoms with van der Waals surface area (Å²) in [6.07, 6.45) is 2.44. The third-order valence-electron chi connectivity index (χ3n) is 6.19. The summed E-state index contributed by atoms with van der Waals surface area (Å²) in [7, 11) is 0. The van der Waals surface area contributed by atoms with Crippen LogP contribution in [0.3, 0.4) is 0 Å². The fourth-order valence-electron chi connectivity index (χ4n) is 4.03. The predicted molar refractivity (Wildman–Crippen MR) is 148 cm³/mol. The lowest BCUT2D eigenvalue weighted by Crippen LogP contribution is -2.27. The van der Waals surface area contributed by atoms with Crippen LogP contribution in [0.2, 0.25) is 0 Å². The molecule has 0 aliphatic rings. The van der Waals surface area contributed by atoms with Crippen LogP contribution in [0.5, 0.6) is 5.75 Å². The van der Waals surface area contributed by atoms with Crippen LogP contribution >= 0.6 is 0 Å². The third kappa shape index (κ3) is 7.62. The summed E-state index contributed by atoms with van der Waals surface area (Å²) in [6, 6.07) is 21.1. The van der Waals surface area contributed by atoms with Crippen molar-refractivity contribution in [2.45, 2.75) is 33.4 Å². The van der Waals surface area contributed by atoms with E-state index in [-0.39, 0.29) is 5.56 Å². The van der Waals surface area contributed by atoms with Gasteiger partial charge >= 0.3 is 0 Å². The number of anilines is 2. The minimum atomic E-state index is -0.0913. The first-order valence-corrected chi connectivity index (χ1v) is 12.9. The van der Waals surface area contributed by atoms with Gasteiger partial charge < -0.3 is 19.7 Å². The van der Waals surface area contributed by atoms with Gasteiger partial charge in [0.25, 0.3) is 5.56 Å². The second kappa shape index (κ2) is 13.5. The standard InChI is InChI=1S/C29H35N5O3/c1-3-33(4-2)18-20-37-26-14-12-25(13-15-26)31-29-30-21-24-11-16-27(35)34(28(24)32-29)17-8-19-36-22-23-9-6-5-7-10-23/h5-7,9-16,21H,3-4,8,17-20,22H2,1-2H3,(H,30,31,32). The van der Waals surface area contributed by atoms with E-state index in [1.807, 2.05) is 54.6 Å². The van der Waals surface area contributed by atoms with Gasteiger partial charge in [0.2, 0.25) is 5.95 Å². The Morgan fingerprint density at radius 1 is 0.946 bits per heavy atom. The van der Waals surface area contributed by atoms with Gasteiger partial charge in [0.1, 0.15) is 18.0 Å². The number of pyridine rings is 1. The highest BCUT2D eigenvalue weighted by Gasteiger charge is 2.08. The molecule has 0 radical (unpaired) electrons. The molecule has 0 amide bonds. The first-order chi connectivity index (χ1) is 18.2. The third-order valence-corrected chi connectivity index (χ3v) is 6.19. The molecule has 0 unspecified atom stereocenters. The Labute approximate surface area is 217 Å². The Balaban J connectivity index is 1.35. The van der Waals surface area contributed by atoms with Gasteiger partial charge in [-0.2, -0.15) is 4.98 Å². The number of nitrogens with zero attached hydrogens (tertiary/aromatic N) is 4. The van der Waals surface area contributed by atoms with Crippen molar-refractivity contribution < 1.29 is 9.47 Å². The molecule has 1 N–H and O–H groups in total. The lowest BCUT2D eigenvalue weighted by atomic mass is 10.2. The quantitative estimate of drug-likeness (QED) is 0.247. The second-order valence-electron chi connectivity index (χ2n) is 8.71. The van der Waals surface area contributed by atoms with Crippen molar-refractivity contribution >= 4 is 22.7 Å². The minimum Gasteiger partial charge on any atom is -0.492 e. The number of benzene rings is 2. The molecule has 8 nitrogen and oxygen atoms in total. The number of ether oxygens (including phenoxy) is 2. The zero-order valence-electron chi connectivity index (χ0n) is 21.6. The van der Waals surface area contributed by atoms with Crippen molar-refractivity contribution in [3.05, 3.63) is 88.8 Å². The highest BCUT2D eigenvalue weighted by molar-refractivity contribution is 5.75. The van der Waals surface area contributed by atoms with Gasteiger partial charge in [0.05, 0.1) is 6.61 Å². The number of aryl methyl sites for hydroxylation is 1. The molecule has 0 saturated heterocycles. The largest absolute Gasteiger partial charge is 0.492 e. The van der Waals surface area contributed by atoms with Crippen LogP contribution in [-0.2, 0) is 17.9 Å². The number of nitrogens with one attached hydrogen (secondary N) is 1. The molecule has 0 saturated carbocycles. The van der Waals surface area contributed by atoms with E-state index in [0.717, 1.165) is 42.0 Å². The van der Waals surface area contributed by atoms with E-state index in [1.54, 1.807) is 22.9 Å². The molecule has 0 aliphatic carbocycles. The molecule has 194 valence electrons. The molecule has 4 aromatic rings. The molecule has 0 aliphatic heterocycles. The zero-order chi connectivity index (χ0) is 25.9. The fourth-order valence-corrected chi connectivity index (χ4v) is 4.03. The second-order valence-corrected chi connectivity index (χ2v) is 8.71. The van der Waals surface area contributed by atoms with Crippen LogP contribution in [0.25, 0.3) is 11.0 Å². The highest BCUT2D eigenvalue weighted by Crippen LogP contribution is 2.19. The summed E-state index contributed by atoms with van der Waals surface area (Å²) in [5.74, 6) is 1.25. The molecule has 2 aromatic carbocycles. The fraction of sp³-hybridized carbons (Fsp3) is 0.345. The number of hydrogen-bond acceptors (Lipinski definition) is 7. The average molecular weight is 502 g/mol. The zero-order valence-corrected chi connectivity index (χ0v) is 21.6. The monoisotopic (exact) mass is 501 g/mol. The number of fused-ring (bicyclic) bond motifs is 1. The van der Waals surface area contributed by atoms with Crippen LogP contribution in [0.1, 0.15) is 25.8 Å². The number of rotatable bonds is 14. The van der Waals surface area contributed by atoms with Gasteiger partial charge in [-0.05, 0) is 55.4 Å². The minimum absolute atomic E-state index is 0.0913. The van der Waals surface area contributed by atoms with Gasteiger partial charge in [-0.1, -0.05) is 44.2 Å². The Morgan fingerprint density at radius 3 is 2.49 bits per heavy atom. The van der Waals surface area contributed by atoms with E-state index in [2.05, 4.69) is 34.0 Å². The molecule has 2 aromatic heterocycles. The van der Waals surface area contributed by atoms with Gasteiger partial charge in [-0.25, -0.2) is 4.98 Å². The maximum Gasteiger partial charge on any atom is 0.252 e. The summed E-state index contributed by atoms with van der Waals surface area (Å²) in [5.41, 5.74) is 2.48. The molecule has 0 atom stereocenters. The number of hydrogen-bond donors (Lipinski definition) is 1. The Morgan fingerprint density at radius 2 is 1.73 bits per heavy atom.